The maximum absolute atomic E-state index is 12.2. The summed E-state index contributed by atoms with van der Waals surface area (Å²) in [6.07, 6.45) is -4.78. The summed E-state index contributed by atoms with van der Waals surface area (Å²) < 4.78 is 40.6. The molecule has 0 radical (unpaired) electrons. The number of carbonyl (C=O) groups excluding carboxylic acids is 1. The molecule has 1 heterocycles. The number of anilines is 1. The van der Waals surface area contributed by atoms with Crippen LogP contribution in [0.5, 0.6) is 5.75 Å². The Kier molecular flexibility index (Phi) is 4.76. The van der Waals surface area contributed by atoms with Gasteiger partial charge in [-0.3, -0.25) is 4.79 Å². The molecule has 3 rings (SSSR count). The van der Waals surface area contributed by atoms with Gasteiger partial charge >= 0.3 is 6.36 Å². The summed E-state index contributed by atoms with van der Waals surface area (Å²) in [6.45, 7) is 0. The van der Waals surface area contributed by atoms with Crippen molar-refractivity contribution in [1.82, 2.24) is 0 Å². The highest BCUT2D eigenvalue weighted by atomic mass is 32.1. The van der Waals surface area contributed by atoms with E-state index in [0.717, 1.165) is 16.5 Å². The van der Waals surface area contributed by atoms with Gasteiger partial charge < -0.3 is 10.1 Å². The fraction of sp³-hybridized carbons (Fsp3) is 0.0556. The molecule has 7 heteroatoms. The van der Waals surface area contributed by atoms with Gasteiger partial charge in [0.15, 0.2) is 0 Å². The predicted molar refractivity (Wildman–Crippen MR) is 90.8 cm³/mol. The van der Waals surface area contributed by atoms with E-state index in [0.29, 0.717) is 5.56 Å². The molecule has 3 nitrogen and oxygen atoms in total. The van der Waals surface area contributed by atoms with Gasteiger partial charge in [0.2, 0.25) is 0 Å². The number of carbonyl (C=O) groups is 1. The van der Waals surface area contributed by atoms with Crippen LogP contribution in [0.3, 0.4) is 0 Å². The van der Waals surface area contributed by atoms with Gasteiger partial charge in [0.25, 0.3) is 5.91 Å². The number of nitrogens with one attached hydrogen (secondary N) is 1. The van der Waals surface area contributed by atoms with E-state index in [1.165, 1.54) is 18.2 Å². The Morgan fingerprint density at radius 1 is 1.00 bits per heavy atom. The normalized spacial score (nSPS) is 11.2. The van der Waals surface area contributed by atoms with Gasteiger partial charge in [-0.2, -0.15) is 0 Å². The average molecular weight is 363 g/mol. The van der Waals surface area contributed by atoms with Crippen molar-refractivity contribution in [2.24, 2.45) is 0 Å². The number of thiophene rings is 1. The second kappa shape index (κ2) is 6.98. The number of halogens is 3. The smallest absolute Gasteiger partial charge is 0.406 e. The highest BCUT2D eigenvalue weighted by Gasteiger charge is 2.31. The highest BCUT2D eigenvalue weighted by Crippen LogP contribution is 2.26. The van der Waals surface area contributed by atoms with Gasteiger partial charge in [-0.1, -0.05) is 24.3 Å². The first-order valence-corrected chi connectivity index (χ1v) is 8.10. The van der Waals surface area contributed by atoms with Crippen LogP contribution in [0.1, 0.15) is 10.4 Å². The number of ether oxygens (including phenoxy) is 1. The van der Waals surface area contributed by atoms with Crippen LogP contribution in [0.25, 0.3) is 10.4 Å². The number of rotatable bonds is 4. The Balaban J connectivity index is 1.71. The van der Waals surface area contributed by atoms with E-state index in [4.69, 9.17) is 0 Å². The molecule has 0 saturated heterocycles. The summed E-state index contributed by atoms with van der Waals surface area (Å²) in [7, 11) is 0. The van der Waals surface area contributed by atoms with Gasteiger partial charge in [-0.15, -0.1) is 24.5 Å². The first kappa shape index (κ1) is 17.0. The minimum Gasteiger partial charge on any atom is -0.406 e. The maximum Gasteiger partial charge on any atom is 0.573 e. The molecule has 1 N–H and O–H groups in total. The topological polar surface area (TPSA) is 38.3 Å². The Hall–Kier alpha value is -2.80. The lowest BCUT2D eigenvalue weighted by Crippen LogP contribution is -2.17. The van der Waals surface area contributed by atoms with Crippen LogP contribution in [-0.2, 0) is 0 Å². The van der Waals surface area contributed by atoms with Gasteiger partial charge in [0, 0.05) is 22.2 Å². The molecule has 2 aromatic carbocycles. The van der Waals surface area contributed by atoms with Crippen LogP contribution in [0.15, 0.2) is 66.0 Å². The summed E-state index contributed by atoms with van der Waals surface area (Å²) in [5.74, 6) is -0.805. The quantitative estimate of drug-likeness (QED) is 0.658. The summed E-state index contributed by atoms with van der Waals surface area (Å²) in [6, 6.07) is 16.0. The third kappa shape index (κ3) is 4.60. The fourth-order valence-electron chi connectivity index (χ4n) is 2.20. The summed E-state index contributed by atoms with van der Waals surface area (Å²) in [5.41, 5.74) is 1.61. The van der Waals surface area contributed by atoms with E-state index < -0.39 is 18.0 Å². The van der Waals surface area contributed by atoms with E-state index in [1.54, 1.807) is 23.5 Å². The second-order valence-corrected chi connectivity index (χ2v) is 6.03. The molecule has 25 heavy (non-hydrogen) atoms. The van der Waals surface area contributed by atoms with Crippen LogP contribution in [0.4, 0.5) is 18.9 Å². The van der Waals surface area contributed by atoms with Crippen LogP contribution in [0.2, 0.25) is 0 Å². The molecule has 0 aliphatic rings. The van der Waals surface area contributed by atoms with Crippen molar-refractivity contribution in [2.45, 2.75) is 6.36 Å². The standard InChI is InChI=1S/C18H12F3NO2S/c19-18(20,21)24-15-4-1-3-14(11-15)22-17(23)13-8-6-12(7-9-13)16-5-2-10-25-16/h1-11H,(H,22,23). The van der Waals surface area contributed by atoms with Crippen LogP contribution in [0, 0.1) is 0 Å². The van der Waals surface area contributed by atoms with Crippen LogP contribution < -0.4 is 10.1 Å². The van der Waals surface area contributed by atoms with E-state index in [1.807, 2.05) is 29.6 Å². The average Bonchev–Trinajstić information content (AvgIpc) is 3.08. The van der Waals surface area contributed by atoms with E-state index >= 15 is 0 Å². The van der Waals surface area contributed by atoms with E-state index in [-0.39, 0.29) is 5.69 Å². The van der Waals surface area contributed by atoms with E-state index in [9.17, 15) is 18.0 Å². The predicted octanol–water partition coefficient (Wildman–Crippen LogP) is 5.57. The van der Waals surface area contributed by atoms with Gasteiger partial charge in [0.1, 0.15) is 5.75 Å². The van der Waals surface area contributed by atoms with Gasteiger partial charge in [-0.25, -0.2) is 0 Å². The van der Waals surface area contributed by atoms with Crippen molar-refractivity contribution in [2.75, 3.05) is 5.32 Å². The molecule has 0 bridgehead atoms. The summed E-state index contributed by atoms with van der Waals surface area (Å²) in [4.78, 5) is 13.3. The van der Waals surface area contributed by atoms with Crippen LogP contribution >= 0.6 is 11.3 Å². The monoisotopic (exact) mass is 363 g/mol. The SMILES string of the molecule is O=C(Nc1cccc(OC(F)(F)F)c1)c1ccc(-c2cccs2)cc1. The van der Waals surface area contributed by atoms with Crippen LogP contribution in [-0.4, -0.2) is 12.3 Å². The third-order valence-corrected chi connectivity index (χ3v) is 4.20. The van der Waals surface area contributed by atoms with E-state index in [2.05, 4.69) is 10.1 Å². The lowest BCUT2D eigenvalue weighted by molar-refractivity contribution is -0.274. The van der Waals surface area contributed by atoms with Crippen molar-refractivity contribution < 1.29 is 22.7 Å². The van der Waals surface area contributed by atoms with Crippen molar-refractivity contribution in [1.29, 1.82) is 0 Å². The minimum atomic E-state index is -4.78. The summed E-state index contributed by atoms with van der Waals surface area (Å²) >= 11 is 1.59. The molecule has 1 aromatic heterocycles. The number of benzene rings is 2. The van der Waals surface area contributed by atoms with Crippen molar-refractivity contribution in [3.05, 3.63) is 71.6 Å². The maximum atomic E-state index is 12.2. The van der Waals surface area contributed by atoms with Gasteiger partial charge in [0.05, 0.1) is 0 Å². The molecule has 0 saturated carbocycles. The molecule has 0 aliphatic heterocycles. The van der Waals surface area contributed by atoms with Crippen molar-refractivity contribution >= 4 is 22.9 Å². The number of amides is 1. The molecule has 0 unspecified atom stereocenters. The zero-order valence-corrected chi connectivity index (χ0v) is 13.5. The molecule has 0 spiro atoms. The Bertz CT molecular complexity index is 859. The zero-order chi connectivity index (χ0) is 17.9. The highest BCUT2D eigenvalue weighted by molar-refractivity contribution is 7.13. The molecule has 0 fully saturated rings. The largest absolute Gasteiger partial charge is 0.573 e. The lowest BCUT2D eigenvalue weighted by Gasteiger charge is -2.11. The minimum absolute atomic E-state index is 0.217. The fourth-order valence-corrected chi connectivity index (χ4v) is 2.94. The number of hydrogen-bond acceptors (Lipinski definition) is 3. The summed E-state index contributed by atoms with van der Waals surface area (Å²) in [5, 5.41) is 4.52. The number of hydrogen-bond donors (Lipinski definition) is 1. The Morgan fingerprint density at radius 2 is 1.76 bits per heavy atom. The molecule has 1 amide bonds. The Labute approximate surface area is 145 Å². The Morgan fingerprint density at radius 3 is 2.40 bits per heavy atom. The third-order valence-electron chi connectivity index (χ3n) is 3.28. The zero-order valence-electron chi connectivity index (χ0n) is 12.7. The van der Waals surface area contributed by atoms with Gasteiger partial charge in [-0.05, 0) is 41.3 Å². The first-order chi connectivity index (χ1) is 11.9. The molecular weight excluding hydrogens is 351 g/mol. The van der Waals surface area contributed by atoms with Crippen molar-refractivity contribution in [3.63, 3.8) is 0 Å². The molecule has 128 valence electrons. The first-order valence-electron chi connectivity index (χ1n) is 7.22. The molecule has 0 aliphatic carbocycles. The molecule has 0 atom stereocenters. The molecule has 3 aromatic rings. The second-order valence-electron chi connectivity index (χ2n) is 5.08. The molecular formula is C18H12F3NO2S. The number of alkyl halides is 3. The van der Waals surface area contributed by atoms with Crippen molar-refractivity contribution in [3.8, 4) is 16.2 Å². The lowest BCUT2D eigenvalue weighted by atomic mass is 10.1.